The third-order valence-corrected chi connectivity index (χ3v) is 4.03. The Bertz CT molecular complexity index is 708. The molecule has 0 spiro atoms. The van der Waals surface area contributed by atoms with Crippen molar-refractivity contribution >= 4 is 33.8 Å². The minimum Gasteiger partial charge on any atom is -0.357 e. The summed E-state index contributed by atoms with van der Waals surface area (Å²) in [5.74, 6) is 0. The number of nitrogens with zero attached hydrogens (tertiary/aromatic N) is 3. The lowest BCUT2D eigenvalue weighted by molar-refractivity contribution is -0.385. The summed E-state index contributed by atoms with van der Waals surface area (Å²) in [6.45, 7) is 2.08. The van der Waals surface area contributed by atoms with Crippen LogP contribution in [0.4, 0.5) is 10.8 Å². The fourth-order valence-corrected chi connectivity index (χ4v) is 2.62. The van der Waals surface area contributed by atoms with E-state index in [1.54, 1.807) is 19.1 Å². The Balaban J connectivity index is 2.17. The number of anilines is 1. The molecular formula is C12H9ClN4O2S. The van der Waals surface area contributed by atoms with Gasteiger partial charge in [0.15, 0.2) is 10.3 Å². The summed E-state index contributed by atoms with van der Waals surface area (Å²) in [4.78, 5) is 14.8. The Morgan fingerprint density at radius 2 is 2.35 bits per heavy atom. The van der Waals surface area contributed by atoms with Gasteiger partial charge in [-0.15, -0.1) is 0 Å². The molecule has 1 aromatic carbocycles. The molecule has 1 aromatic heterocycles. The molecule has 2 aromatic rings. The van der Waals surface area contributed by atoms with E-state index in [2.05, 4.69) is 10.3 Å². The molecule has 6 nitrogen and oxygen atoms in total. The van der Waals surface area contributed by atoms with E-state index in [1.165, 1.54) is 6.07 Å². The predicted molar refractivity (Wildman–Crippen MR) is 77.0 cm³/mol. The normalized spacial score (nSPS) is 10.1. The number of nitro benzene ring substituents is 1. The highest BCUT2D eigenvalue weighted by Gasteiger charge is 2.14. The molecule has 2 rings (SSSR count). The van der Waals surface area contributed by atoms with Gasteiger partial charge in [-0.3, -0.25) is 10.1 Å². The summed E-state index contributed by atoms with van der Waals surface area (Å²) in [7, 11) is 0. The Labute approximate surface area is 123 Å². The van der Waals surface area contributed by atoms with Crippen LogP contribution in [0.3, 0.4) is 0 Å². The van der Waals surface area contributed by atoms with E-state index < -0.39 is 4.92 Å². The first-order chi connectivity index (χ1) is 9.52. The molecule has 0 bridgehead atoms. The van der Waals surface area contributed by atoms with Crippen molar-refractivity contribution in [1.29, 1.82) is 5.26 Å². The number of benzene rings is 1. The zero-order chi connectivity index (χ0) is 14.7. The van der Waals surface area contributed by atoms with Gasteiger partial charge in [-0.25, -0.2) is 4.98 Å². The van der Waals surface area contributed by atoms with Gasteiger partial charge in [0.05, 0.1) is 4.92 Å². The lowest BCUT2D eigenvalue weighted by Crippen LogP contribution is -2.03. The Morgan fingerprint density at radius 3 is 2.95 bits per heavy atom. The maximum atomic E-state index is 10.9. The minimum absolute atomic E-state index is 0.0826. The van der Waals surface area contributed by atoms with Gasteiger partial charge in [0.1, 0.15) is 10.9 Å². The van der Waals surface area contributed by atoms with Gasteiger partial charge < -0.3 is 5.32 Å². The van der Waals surface area contributed by atoms with Crippen LogP contribution in [-0.2, 0) is 6.54 Å². The summed E-state index contributed by atoms with van der Waals surface area (Å²) in [6.07, 6.45) is 0. The first-order valence-electron chi connectivity index (χ1n) is 5.56. The number of halogens is 1. The average Bonchev–Trinajstić information content (AvgIpc) is 2.77. The number of hydrogen-bond donors (Lipinski definition) is 1. The van der Waals surface area contributed by atoms with Gasteiger partial charge in [-0.05, 0) is 12.5 Å². The van der Waals surface area contributed by atoms with Crippen molar-refractivity contribution in [2.75, 3.05) is 5.32 Å². The molecule has 0 fully saturated rings. The standard InChI is InChI=1S/C12H9ClN4O2S/c1-7-8(3-2-4-9(7)17(18)19)6-15-12-16-11(13)10(5-14)20-12/h2-4H,6H2,1H3,(H,15,16). The molecule has 0 saturated carbocycles. The third-order valence-electron chi connectivity index (χ3n) is 2.73. The summed E-state index contributed by atoms with van der Waals surface area (Å²) in [6, 6.07) is 6.85. The van der Waals surface area contributed by atoms with E-state index in [1.807, 2.05) is 6.07 Å². The van der Waals surface area contributed by atoms with Crippen molar-refractivity contribution in [2.45, 2.75) is 13.5 Å². The highest BCUT2D eigenvalue weighted by molar-refractivity contribution is 7.16. The van der Waals surface area contributed by atoms with Crippen LogP contribution in [-0.4, -0.2) is 9.91 Å². The van der Waals surface area contributed by atoms with Gasteiger partial charge in [0, 0.05) is 18.2 Å². The number of rotatable bonds is 4. The Morgan fingerprint density at radius 1 is 1.60 bits per heavy atom. The maximum Gasteiger partial charge on any atom is 0.272 e. The molecule has 8 heteroatoms. The lowest BCUT2D eigenvalue weighted by atomic mass is 10.1. The van der Waals surface area contributed by atoms with E-state index in [4.69, 9.17) is 16.9 Å². The SMILES string of the molecule is Cc1c(CNc2nc(Cl)c(C#N)s2)cccc1[N+](=O)[O-]. The molecule has 0 unspecified atom stereocenters. The third kappa shape index (κ3) is 2.87. The van der Waals surface area contributed by atoms with E-state index in [0.717, 1.165) is 16.9 Å². The monoisotopic (exact) mass is 308 g/mol. The molecule has 0 aliphatic carbocycles. The van der Waals surface area contributed by atoms with Gasteiger partial charge in [-0.1, -0.05) is 35.1 Å². The number of nitriles is 1. The van der Waals surface area contributed by atoms with Crippen molar-refractivity contribution < 1.29 is 4.92 Å². The Hall–Kier alpha value is -2.17. The maximum absolute atomic E-state index is 10.9. The van der Waals surface area contributed by atoms with Crippen LogP contribution in [0.1, 0.15) is 16.0 Å². The van der Waals surface area contributed by atoms with Crippen LogP contribution in [0.2, 0.25) is 5.15 Å². The molecule has 0 saturated heterocycles. The van der Waals surface area contributed by atoms with Crippen molar-refractivity contribution in [3.8, 4) is 6.07 Å². The van der Waals surface area contributed by atoms with E-state index in [0.29, 0.717) is 22.1 Å². The molecule has 0 radical (unpaired) electrons. The van der Waals surface area contributed by atoms with E-state index in [-0.39, 0.29) is 10.8 Å². The number of nitro groups is 1. The van der Waals surface area contributed by atoms with Crippen molar-refractivity contribution in [1.82, 2.24) is 4.98 Å². The second kappa shape index (κ2) is 5.86. The van der Waals surface area contributed by atoms with Crippen LogP contribution in [0, 0.1) is 28.4 Å². The molecule has 102 valence electrons. The number of aromatic nitrogens is 1. The largest absolute Gasteiger partial charge is 0.357 e. The molecule has 0 aliphatic heterocycles. The second-order valence-corrected chi connectivity index (χ2v) is 5.28. The molecule has 0 atom stereocenters. The van der Waals surface area contributed by atoms with Gasteiger partial charge in [0.2, 0.25) is 0 Å². The first-order valence-corrected chi connectivity index (χ1v) is 6.75. The summed E-state index contributed by atoms with van der Waals surface area (Å²) < 4.78 is 0. The average molecular weight is 309 g/mol. The van der Waals surface area contributed by atoms with Gasteiger partial charge in [-0.2, -0.15) is 5.26 Å². The van der Waals surface area contributed by atoms with Crippen LogP contribution in [0.5, 0.6) is 0 Å². The molecule has 0 aliphatic rings. The van der Waals surface area contributed by atoms with Crippen LogP contribution in [0.15, 0.2) is 18.2 Å². The molecule has 1 heterocycles. The van der Waals surface area contributed by atoms with Crippen LogP contribution >= 0.6 is 22.9 Å². The van der Waals surface area contributed by atoms with E-state index in [9.17, 15) is 10.1 Å². The zero-order valence-electron chi connectivity index (χ0n) is 10.4. The van der Waals surface area contributed by atoms with Gasteiger partial charge in [0.25, 0.3) is 5.69 Å². The summed E-state index contributed by atoms with van der Waals surface area (Å²) in [5, 5.41) is 23.3. The molecular weight excluding hydrogens is 300 g/mol. The van der Waals surface area contributed by atoms with Crippen molar-refractivity contribution in [3.63, 3.8) is 0 Å². The highest BCUT2D eigenvalue weighted by atomic mass is 35.5. The zero-order valence-corrected chi connectivity index (χ0v) is 12.0. The molecule has 20 heavy (non-hydrogen) atoms. The fourth-order valence-electron chi connectivity index (χ4n) is 1.68. The highest BCUT2D eigenvalue weighted by Crippen LogP contribution is 2.27. The Kier molecular flexibility index (Phi) is 4.17. The number of hydrogen-bond acceptors (Lipinski definition) is 6. The number of nitrogens with one attached hydrogen (secondary N) is 1. The van der Waals surface area contributed by atoms with E-state index >= 15 is 0 Å². The van der Waals surface area contributed by atoms with Crippen LogP contribution < -0.4 is 5.32 Å². The minimum atomic E-state index is -0.410. The second-order valence-electron chi connectivity index (χ2n) is 3.92. The topological polar surface area (TPSA) is 91.8 Å². The van der Waals surface area contributed by atoms with Crippen molar-refractivity contribution in [2.24, 2.45) is 0 Å². The lowest BCUT2D eigenvalue weighted by Gasteiger charge is -2.06. The summed E-state index contributed by atoms with van der Waals surface area (Å²) >= 11 is 6.92. The van der Waals surface area contributed by atoms with Gasteiger partial charge >= 0.3 is 0 Å². The first kappa shape index (κ1) is 14.2. The van der Waals surface area contributed by atoms with Crippen LogP contribution in [0.25, 0.3) is 0 Å². The quantitative estimate of drug-likeness (QED) is 0.689. The number of thiazole rings is 1. The molecule has 0 amide bonds. The predicted octanol–water partition coefficient (Wildman–Crippen LogP) is 3.50. The fraction of sp³-hybridized carbons (Fsp3) is 0.167. The smallest absolute Gasteiger partial charge is 0.272 e. The van der Waals surface area contributed by atoms with Crippen molar-refractivity contribution in [3.05, 3.63) is 49.5 Å². The molecule has 1 N–H and O–H groups in total. The summed E-state index contributed by atoms with van der Waals surface area (Å²) in [5.41, 5.74) is 1.48.